The van der Waals surface area contributed by atoms with E-state index >= 15 is 0 Å². The van der Waals surface area contributed by atoms with Gasteiger partial charge >= 0.3 is 12.2 Å². The molecular weight excluding hydrogens is 507 g/mol. The Kier molecular flexibility index (Phi) is 7.82. The maximum atomic E-state index is 13.5. The van der Waals surface area contributed by atoms with E-state index in [4.69, 9.17) is 16.3 Å². The molecule has 1 spiro atoms. The molecule has 10 nitrogen and oxygen atoms in total. The Bertz CT molecular complexity index is 1210. The van der Waals surface area contributed by atoms with Crippen LogP contribution in [0.4, 0.5) is 25.4 Å². The average molecular weight is 533 g/mol. The predicted molar refractivity (Wildman–Crippen MR) is 133 cm³/mol. The smallest absolute Gasteiger partial charge is 0.412 e. The number of nitrogens with one attached hydrogen (secondary N) is 3. The number of carbonyl (C=O) groups is 4. The third kappa shape index (κ3) is 5.77. The van der Waals surface area contributed by atoms with E-state index in [2.05, 4.69) is 20.7 Å². The van der Waals surface area contributed by atoms with E-state index in [9.17, 15) is 23.6 Å². The van der Waals surface area contributed by atoms with Crippen molar-refractivity contribution in [2.24, 2.45) is 0 Å². The summed E-state index contributed by atoms with van der Waals surface area (Å²) in [4.78, 5) is 51.4. The van der Waals surface area contributed by atoms with Gasteiger partial charge in [0.25, 0.3) is 5.91 Å². The highest BCUT2D eigenvalue weighted by molar-refractivity contribution is 6.30. The minimum atomic E-state index is -1.13. The first-order valence-corrected chi connectivity index (χ1v) is 12.0. The fourth-order valence-electron chi connectivity index (χ4n) is 4.59. The molecule has 0 bridgehead atoms. The lowest BCUT2D eigenvalue weighted by molar-refractivity contribution is -0.141. The summed E-state index contributed by atoms with van der Waals surface area (Å²) in [5, 5.41) is 8.18. The summed E-state index contributed by atoms with van der Waals surface area (Å²) in [5.74, 6) is -1.05. The fourth-order valence-corrected chi connectivity index (χ4v) is 4.76. The number of hydrogen-bond acceptors (Lipinski definition) is 6. The van der Waals surface area contributed by atoms with Gasteiger partial charge in [-0.3, -0.25) is 24.6 Å². The third-order valence-electron chi connectivity index (χ3n) is 6.34. The van der Waals surface area contributed by atoms with Crippen LogP contribution < -0.4 is 16.0 Å². The lowest BCUT2D eigenvalue weighted by Gasteiger charge is -2.45. The minimum absolute atomic E-state index is 0.0408. The van der Waals surface area contributed by atoms with Crippen LogP contribution in [0.15, 0.2) is 42.5 Å². The Labute approximate surface area is 217 Å². The van der Waals surface area contributed by atoms with Gasteiger partial charge in [0.05, 0.1) is 26.0 Å². The summed E-state index contributed by atoms with van der Waals surface area (Å²) in [6.07, 6.45) is -0.517. The predicted octanol–water partition coefficient (Wildman–Crippen LogP) is 4.06. The Balaban J connectivity index is 1.50. The zero-order valence-electron chi connectivity index (χ0n) is 20.0. The van der Waals surface area contributed by atoms with Gasteiger partial charge < -0.3 is 19.7 Å². The summed E-state index contributed by atoms with van der Waals surface area (Å²) < 4.78 is 23.6. The van der Waals surface area contributed by atoms with Crippen LogP contribution in [0.2, 0.25) is 5.02 Å². The molecule has 2 atom stereocenters. The van der Waals surface area contributed by atoms with Crippen molar-refractivity contribution < 1.29 is 33.0 Å². The standard InChI is InChI=1S/C25H26ClFN4O6/c1-36-23(34)28-17-6-3-15(4-7-17)21(32)29-20(9-11-27)22(33)31-12-2-10-25(14-31)18-13-16(26)5-8-19(18)30-24(35)37-25/h3-8,13,20H,2,9-12,14H2,1H3,(H,28,34)(H,29,32)(H,30,35). The van der Waals surface area contributed by atoms with Gasteiger partial charge in [-0.1, -0.05) is 11.6 Å². The van der Waals surface area contributed by atoms with Crippen LogP contribution in [0.25, 0.3) is 0 Å². The van der Waals surface area contributed by atoms with Gasteiger partial charge in [0.2, 0.25) is 5.91 Å². The van der Waals surface area contributed by atoms with Crippen LogP contribution in [-0.4, -0.2) is 61.8 Å². The molecule has 2 aliphatic rings. The lowest BCUT2D eigenvalue weighted by Crippen LogP contribution is -2.57. The topological polar surface area (TPSA) is 126 Å². The number of methoxy groups -OCH3 is 1. The number of amides is 4. The number of halogens is 2. The van der Waals surface area contributed by atoms with E-state index in [1.54, 1.807) is 18.2 Å². The van der Waals surface area contributed by atoms with E-state index in [0.717, 1.165) is 0 Å². The number of carbonyl (C=O) groups excluding carboxylic acids is 4. The molecule has 1 fully saturated rings. The molecule has 3 N–H and O–H groups in total. The van der Waals surface area contributed by atoms with Crippen LogP contribution in [0.5, 0.6) is 0 Å². The Hall–Kier alpha value is -3.86. The minimum Gasteiger partial charge on any atom is -0.453 e. The molecule has 0 saturated carbocycles. The molecule has 0 aliphatic carbocycles. The summed E-state index contributed by atoms with van der Waals surface area (Å²) in [7, 11) is 1.23. The van der Waals surface area contributed by atoms with Crippen molar-refractivity contribution in [3.63, 3.8) is 0 Å². The van der Waals surface area contributed by atoms with E-state index in [0.29, 0.717) is 41.3 Å². The largest absolute Gasteiger partial charge is 0.453 e. The van der Waals surface area contributed by atoms with Gasteiger partial charge in [-0.2, -0.15) is 0 Å². The molecule has 2 aromatic rings. The van der Waals surface area contributed by atoms with Crippen LogP contribution in [-0.2, 0) is 19.9 Å². The summed E-state index contributed by atoms with van der Waals surface area (Å²) >= 11 is 6.20. The summed E-state index contributed by atoms with van der Waals surface area (Å²) in [5.41, 5.74) is 0.731. The normalized spacial score (nSPS) is 19.2. The maximum Gasteiger partial charge on any atom is 0.412 e. The quantitative estimate of drug-likeness (QED) is 0.515. The number of likely N-dealkylation sites (tertiary alicyclic amines) is 1. The SMILES string of the molecule is COC(=O)Nc1ccc(C(=O)NC(CCF)C(=O)N2CCCC3(C2)OC(=O)Nc2ccc(Cl)cc23)cc1. The first-order valence-electron chi connectivity index (χ1n) is 11.7. The Morgan fingerprint density at radius 3 is 2.70 bits per heavy atom. The summed E-state index contributed by atoms with van der Waals surface area (Å²) in [6.45, 7) is -0.428. The molecule has 2 heterocycles. The Morgan fingerprint density at radius 1 is 1.24 bits per heavy atom. The zero-order chi connectivity index (χ0) is 26.6. The van der Waals surface area contributed by atoms with Crippen LogP contribution in [0.3, 0.4) is 0 Å². The fraction of sp³-hybridized carbons (Fsp3) is 0.360. The molecule has 2 aromatic carbocycles. The van der Waals surface area contributed by atoms with Crippen molar-refractivity contribution in [2.45, 2.75) is 30.9 Å². The second kappa shape index (κ2) is 11.0. The monoisotopic (exact) mass is 532 g/mol. The highest BCUT2D eigenvalue weighted by Crippen LogP contribution is 2.43. The van der Waals surface area contributed by atoms with Crippen molar-refractivity contribution in [3.05, 3.63) is 58.6 Å². The molecule has 0 aromatic heterocycles. The molecule has 37 heavy (non-hydrogen) atoms. The molecule has 4 rings (SSSR count). The van der Waals surface area contributed by atoms with Crippen LogP contribution in [0, 0.1) is 0 Å². The average Bonchev–Trinajstić information content (AvgIpc) is 2.89. The highest BCUT2D eigenvalue weighted by atomic mass is 35.5. The molecule has 196 valence electrons. The molecule has 2 aliphatic heterocycles. The molecule has 0 radical (unpaired) electrons. The van der Waals surface area contributed by atoms with Gasteiger partial charge in [0.1, 0.15) is 6.04 Å². The van der Waals surface area contributed by atoms with Gasteiger partial charge in [0.15, 0.2) is 5.60 Å². The zero-order valence-corrected chi connectivity index (χ0v) is 20.8. The van der Waals surface area contributed by atoms with Crippen molar-refractivity contribution in [1.82, 2.24) is 10.2 Å². The van der Waals surface area contributed by atoms with E-state index in [-0.39, 0.29) is 18.5 Å². The number of alkyl halides is 1. The number of piperidine rings is 1. The van der Waals surface area contributed by atoms with Crippen LogP contribution in [0.1, 0.15) is 35.2 Å². The van der Waals surface area contributed by atoms with Crippen molar-refractivity contribution in [1.29, 1.82) is 0 Å². The molecular formula is C25H26ClFN4O6. The highest BCUT2D eigenvalue weighted by Gasteiger charge is 2.47. The van der Waals surface area contributed by atoms with Crippen molar-refractivity contribution in [3.8, 4) is 0 Å². The number of rotatable bonds is 6. The molecule has 4 amide bonds. The number of anilines is 2. The molecule has 1 saturated heterocycles. The van der Waals surface area contributed by atoms with Crippen LogP contribution >= 0.6 is 11.6 Å². The first-order chi connectivity index (χ1) is 17.7. The van der Waals surface area contributed by atoms with E-state index in [1.165, 1.54) is 36.3 Å². The van der Waals surface area contributed by atoms with Crippen molar-refractivity contribution in [2.75, 3.05) is 37.5 Å². The number of nitrogens with zero attached hydrogens (tertiary/aromatic N) is 1. The second-order valence-electron chi connectivity index (χ2n) is 8.76. The number of ether oxygens (including phenoxy) is 2. The first kappa shape index (κ1) is 26.2. The molecule has 2 unspecified atom stereocenters. The number of hydrogen-bond donors (Lipinski definition) is 3. The lowest BCUT2D eigenvalue weighted by atomic mass is 9.83. The van der Waals surface area contributed by atoms with E-state index < -0.39 is 42.3 Å². The maximum absolute atomic E-state index is 13.5. The van der Waals surface area contributed by atoms with Gasteiger partial charge in [-0.25, -0.2) is 9.59 Å². The number of benzene rings is 2. The van der Waals surface area contributed by atoms with Gasteiger partial charge in [-0.05, 0) is 55.3 Å². The van der Waals surface area contributed by atoms with Gasteiger partial charge in [-0.15, -0.1) is 0 Å². The van der Waals surface area contributed by atoms with Crippen molar-refractivity contribution >= 4 is 47.0 Å². The second-order valence-corrected chi connectivity index (χ2v) is 9.20. The number of fused-ring (bicyclic) bond motifs is 2. The Morgan fingerprint density at radius 2 is 2.00 bits per heavy atom. The third-order valence-corrected chi connectivity index (χ3v) is 6.58. The van der Waals surface area contributed by atoms with Gasteiger partial charge in [0, 0.05) is 34.8 Å². The molecule has 12 heteroatoms. The van der Waals surface area contributed by atoms with E-state index in [1.807, 2.05) is 0 Å². The summed E-state index contributed by atoms with van der Waals surface area (Å²) in [6, 6.07) is 9.82.